The molecule has 2 aromatic rings. The fourth-order valence-electron chi connectivity index (χ4n) is 4.06. The number of halogens is 1. The summed E-state index contributed by atoms with van der Waals surface area (Å²) in [5, 5.41) is 10.9. The van der Waals surface area contributed by atoms with Crippen LogP contribution >= 0.6 is 0 Å². The number of benzene rings is 2. The van der Waals surface area contributed by atoms with E-state index in [0.717, 1.165) is 49.0 Å². The molecule has 0 atom stereocenters. The Hall–Kier alpha value is -2.60. The van der Waals surface area contributed by atoms with Gasteiger partial charge in [-0.1, -0.05) is 6.07 Å². The second-order valence-corrected chi connectivity index (χ2v) is 7.61. The normalized spacial score (nSPS) is 16.4. The molecule has 0 saturated heterocycles. The molecule has 2 N–H and O–H groups in total. The molecular weight excluding hydrogens is 359 g/mol. The number of carboxylic acid groups (broad SMARTS) is 1. The monoisotopic (exact) mass is 384 g/mol. The average molecular weight is 384 g/mol. The lowest BCUT2D eigenvalue weighted by Gasteiger charge is -2.19. The summed E-state index contributed by atoms with van der Waals surface area (Å²) < 4.78 is 21.1. The Labute approximate surface area is 164 Å². The molecule has 1 aliphatic heterocycles. The number of anilines is 1. The van der Waals surface area contributed by atoms with Gasteiger partial charge in [-0.05, 0) is 73.1 Å². The summed E-state index contributed by atoms with van der Waals surface area (Å²) in [6.07, 6.45) is 4.40. The average Bonchev–Trinajstić information content (AvgIpc) is 3.31. The van der Waals surface area contributed by atoms with Crippen molar-refractivity contribution in [2.24, 2.45) is 0 Å². The Morgan fingerprint density at radius 1 is 1.29 bits per heavy atom. The maximum absolute atomic E-state index is 15.0. The zero-order valence-electron chi connectivity index (χ0n) is 16.0. The number of aliphatic carboxylic acids is 1. The predicted octanol–water partition coefficient (Wildman–Crippen LogP) is 4.29. The minimum absolute atomic E-state index is 0.0272. The van der Waals surface area contributed by atoms with Gasteiger partial charge in [0.2, 0.25) is 0 Å². The van der Waals surface area contributed by atoms with Crippen LogP contribution in [-0.2, 0) is 17.8 Å². The Kier molecular flexibility index (Phi) is 5.22. The summed E-state index contributed by atoms with van der Waals surface area (Å²) in [6, 6.07) is 9.35. The van der Waals surface area contributed by atoms with Crippen LogP contribution in [0.5, 0.6) is 5.75 Å². The zero-order chi connectivity index (χ0) is 19.7. The van der Waals surface area contributed by atoms with Gasteiger partial charge >= 0.3 is 5.97 Å². The Morgan fingerprint density at radius 2 is 2.07 bits per heavy atom. The molecule has 5 nitrogen and oxygen atoms in total. The molecule has 0 radical (unpaired) electrons. The van der Waals surface area contributed by atoms with E-state index in [1.165, 1.54) is 6.07 Å². The van der Waals surface area contributed by atoms with Gasteiger partial charge in [0, 0.05) is 25.6 Å². The Morgan fingerprint density at radius 3 is 2.82 bits per heavy atom. The second-order valence-electron chi connectivity index (χ2n) is 7.61. The standard InChI is InChI=1S/C22H25FN2O3/c1-25-20-8-7-15(12-16(20)13-24-25)18-10-14(6-9-21(26)27)11-19(23)22(18)28-17-4-2-3-5-17/h7-8,10-12,17,24H,2-6,9,13H2,1H3,(H,26,27). The van der Waals surface area contributed by atoms with Gasteiger partial charge in [-0.15, -0.1) is 0 Å². The minimum atomic E-state index is -0.889. The largest absolute Gasteiger partial charge is 0.487 e. The molecule has 0 spiro atoms. The molecule has 0 bridgehead atoms. The van der Waals surface area contributed by atoms with Crippen LogP contribution in [0.1, 0.15) is 43.2 Å². The first-order valence-electron chi connectivity index (χ1n) is 9.82. The molecule has 0 unspecified atom stereocenters. The zero-order valence-corrected chi connectivity index (χ0v) is 16.0. The summed E-state index contributed by atoms with van der Waals surface area (Å²) in [5.41, 5.74) is 7.76. The lowest BCUT2D eigenvalue weighted by atomic mass is 9.97. The summed E-state index contributed by atoms with van der Waals surface area (Å²) in [7, 11) is 1.96. The van der Waals surface area contributed by atoms with E-state index in [1.54, 1.807) is 0 Å². The van der Waals surface area contributed by atoms with Gasteiger partial charge in [-0.2, -0.15) is 0 Å². The van der Waals surface area contributed by atoms with Crippen LogP contribution in [-0.4, -0.2) is 24.2 Å². The number of hydrogen-bond acceptors (Lipinski definition) is 4. The molecule has 28 heavy (non-hydrogen) atoms. The van der Waals surface area contributed by atoms with Crippen molar-refractivity contribution in [2.45, 2.75) is 51.2 Å². The summed E-state index contributed by atoms with van der Waals surface area (Å²) >= 11 is 0. The highest BCUT2D eigenvalue weighted by Crippen LogP contribution is 2.39. The number of fused-ring (bicyclic) bond motifs is 1. The predicted molar refractivity (Wildman–Crippen MR) is 106 cm³/mol. The van der Waals surface area contributed by atoms with E-state index in [-0.39, 0.29) is 24.7 Å². The number of rotatable bonds is 6. The highest BCUT2D eigenvalue weighted by Gasteiger charge is 2.23. The van der Waals surface area contributed by atoms with E-state index in [9.17, 15) is 4.79 Å². The maximum atomic E-state index is 15.0. The van der Waals surface area contributed by atoms with Gasteiger partial charge in [0.15, 0.2) is 11.6 Å². The van der Waals surface area contributed by atoms with Crippen molar-refractivity contribution in [3.05, 3.63) is 47.3 Å². The topological polar surface area (TPSA) is 61.8 Å². The first-order valence-corrected chi connectivity index (χ1v) is 9.82. The number of hydrazine groups is 1. The quantitative estimate of drug-likeness (QED) is 0.778. The fraction of sp³-hybridized carbons (Fsp3) is 0.409. The smallest absolute Gasteiger partial charge is 0.303 e. The van der Waals surface area contributed by atoms with Crippen molar-refractivity contribution in [1.29, 1.82) is 0 Å². The van der Waals surface area contributed by atoms with Crippen LogP contribution in [0.2, 0.25) is 0 Å². The van der Waals surface area contributed by atoms with Crippen molar-refractivity contribution in [3.63, 3.8) is 0 Å². The maximum Gasteiger partial charge on any atom is 0.303 e. The highest BCUT2D eigenvalue weighted by atomic mass is 19.1. The first-order chi connectivity index (χ1) is 13.5. The van der Waals surface area contributed by atoms with Gasteiger partial charge < -0.3 is 14.9 Å². The summed E-state index contributed by atoms with van der Waals surface area (Å²) in [5.74, 6) is -1.02. The van der Waals surface area contributed by atoms with Crippen LogP contribution in [0.25, 0.3) is 11.1 Å². The van der Waals surface area contributed by atoms with Gasteiger partial charge in [0.25, 0.3) is 0 Å². The van der Waals surface area contributed by atoms with Crippen LogP contribution in [0.4, 0.5) is 10.1 Å². The molecule has 2 aliphatic rings. The second kappa shape index (κ2) is 7.80. The molecule has 0 amide bonds. The van der Waals surface area contributed by atoms with Crippen molar-refractivity contribution in [3.8, 4) is 16.9 Å². The van der Waals surface area contributed by atoms with E-state index in [4.69, 9.17) is 9.84 Å². The molecule has 148 valence electrons. The molecule has 0 aromatic heterocycles. The number of nitrogens with zero attached hydrogens (tertiary/aromatic N) is 1. The van der Waals surface area contributed by atoms with E-state index in [1.807, 2.05) is 30.3 Å². The Bertz CT molecular complexity index is 894. The van der Waals surface area contributed by atoms with Gasteiger partial charge in [-0.3, -0.25) is 4.79 Å². The molecule has 6 heteroatoms. The number of carbonyl (C=O) groups is 1. The van der Waals surface area contributed by atoms with Crippen LogP contribution in [0.3, 0.4) is 0 Å². The van der Waals surface area contributed by atoms with Crippen molar-refractivity contribution >= 4 is 11.7 Å². The third-order valence-electron chi connectivity index (χ3n) is 5.58. The SMILES string of the molecule is CN1NCc2cc(-c3cc(CCC(=O)O)cc(F)c3OC3CCCC3)ccc21. The van der Waals surface area contributed by atoms with E-state index in [0.29, 0.717) is 11.1 Å². The number of carboxylic acids is 1. The molecule has 1 saturated carbocycles. The molecular formula is C22H25FN2O3. The van der Waals surface area contributed by atoms with Gasteiger partial charge in [0.1, 0.15) is 0 Å². The molecule has 4 rings (SSSR count). The van der Waals surface area contributed by atoms with Crippen LogP contribution < -0.4 is 15.2 Å². The van der Waals surface area contributed by atoms with E-state index >= 15 is 4.39 Å². The lowest BCUT2D eigenvalue weighted by Crippen LogP contribution is -2.26. The molecule has 1 aliphatic carbocycles. The third-order valence-corrected chi connectivity index (χ3v) is 5.58. The lowest BCUT2D eigenvalue weighted by molar-refractivity contribution is -0.136. The van der Waals surface area contributed by atoms with Crippen LogP contribution in [0.15, 0.2) is 30.3 Å². The molecule has 2 aromatic carbocycles. The summed E-state index contributed by atoms with van der Waals surface area (Å²) in [6.45, 7) is 0.722. The highest BCUT2D eigenvalue weighted by molar-refractivity contribution is 5.75. The molecule has 1 heterocycles. The van der Waals surface area contributed by atoms with Crippen LogP contribution in [0, 0.1) is 5.82 Å². The van der Waals surface area contributed by atoms with Gasteiger partial charge in [0.05, 0.1) is 11.8 Å². The minimum Gasteiger partial charge on any atom is -0.487 e. The number of aryl methyl sites for hydroxylation is 1. The molecule has 1 fully saturated rings. The number of ether oxygens (including phenoxy) is 1. The first kappa shape index (κ1) is 18.7. The fourth-order valence-corrected chi connectivity index (χ4v) is 4.06. The van der Waals surface area contributed by atoms with Crippen molar-refractivity contribution < 1.29 is 19.0 Å². The van der Waals surface area contributed by atoms with E-state index < -0.39 is 11.8 Å². The van der Waals surface area contributed by atoms with Crippen molar-refractivity contribution in [1.82, 2.24) is 5.43 Å². The third kappa shape index (κ3) is 3.83. The van der Waals surface area contributed by atoms with Crippen molar-refractivity contribution in [2.75, 3.05) is 12.1 Å². The Balaban J connectivity index is 1.74. The van der Waals surface area contributed by atoms with E-state index in [2.05, 4.69) is 11.5 Å². The number of hydrogen-bond donors (Lipinski definition) is 2. The summed E-state index contributed by atoms with van der Waals surface area (Å²) in [4.78, 5) is 10.9. The van der Waals surface area contributed by atoms with Gasteiger partial charge in [-0.25, -0.2) is 9.82 Å². The number of nitrogens with one attached hydrogen (secondary N) is 1.